The molecule has 0 radical (unpaired) electrons. The van der Waals surface area contributed by atoms with E-state index in [4.69, 9.17) is 0 Å². The zero-order chi connectivity index (χ0) is 24.1. The first-order valence-corrected chi connectivity index (χ1v) is 12.6. The van der Waals surface area contributed by atoms with Crippen LogP contribution in [-0.2, 0) is 11.3 Å². The number of amides is 1. The molecule has 0 unspecified atom stereocenters. The Hall–Kier alpha value is -2.51. The summed E-state index contributed by atoms with van der Waals surface area (Å²) in [7, 11) is 0. The lowest BCUT2D eigenvalue weighted by molar-refractivity contribution is -0.132. The molecule has 2 aliphatic rings. The standard InChI is InChI=1S/C27H37FN4O2/c1-21-17-25(22(2)32(21)18-23-7-9-24(28)10-8-23)26(33)19-29-13-15-30(16-14-29)20-27(34)31-11-5-3-4-6-12-31/h7-10,17H,3-6,11-16,18-20H2,1-2H3. The van der Waals surface area contributed by atoms with Crippen LogP contribution in [0.4, 0.5) is 4.39 Å². The summed E-state index contributed by atoms with van der Waals surface area (Å²) in [5, 5.41) is 0. The zero-order valence-corrected chi connectivity index (χ0v) is 20.6. The number of aromatic nitrogens is 1. The summed E-state index contributed by atoms with van der Waals surface area (Å²) in [5.41, 5.74) is 3.75. The summed E-state index contributed by atoms with van der Waals surface area (Å²) >= 11 is 0. The van der Waals surface area contributed by atoms with Crippen LogP contribution >= 0.6 is 0 Å². The molecular formula is C27H37FN4O2. The SMILES string of the molecule is Cc1cc(C(=O)CN2CCN(CC(=O)N3CCCCCC3)CC2)c(C)n1Cc1ccc(F)cc1. The van der Waals surface area contributed by atoms with E-state index in [0.29, 0.717) is 19.6 Å². The van der Waals surface area contributed by atoms with Crippen LogP contribution in [0.15, 0.2) is 30.3 Å². The number of benzene rings is 1. The van der Waals surface area contributed by atoms with E-state index in [1.807, 2.05) is 24.8 Å². The number of carbonyl (C=O) groups is 2. The van der Waals surface area contributed by atoms with Crippen molar-refractivity contribution in [3.63, 3.8) is 0 Å². The van der Waals surface area contributed by atoms with Crippen LogP contribution in [0.5, 0.6) is 0 Å². The summed E-state index contributed by atoms with van der Waals surface area (Å²) in [6.07, 6.45) is 4.69. The second kappa shape index (κ2) is 11.3. The molecular weight excluding hydrogens is 431 g/mol. The van der Waals surface area contributed by atoms with Gasteiger partial charge in [0, 0.05) is 62.8 Å². The van der Waals surface area contributed by atoms with Crippen molar-refractivity contribution in [2.45, 2.75) is 46.1 Å². The Morgan fingerprint density at radius 2 is 1.41 bits per heavy atom. The van der Waals surface area contributed by atoms with E-state index in [-0.39, 0.29) is 17.5 Å². The molecule has 7 heteroatoms. The van der Waals surface area contributed by atoms with Crippen LogP contribution in [0.25, 0.3) is 0 Å². The van der Waals surface area contributed by atoms with Crippen molar-refractivity contribution in [1.82, 2.24) is 19.3 Å². The topological polar surface area (TPSA) is 48.8 Å². The third-order valence-electron chi connectivity index (χ3n) is 7.28. The average Bonchev–Trinajstić information content (AvgIpc) is 3.01. The van der Waals surface area contributed by atoms with Gasteiger partial charge in [0.05, 0.1) is 13.1 Å². The molecule has 184 valence electrons. The Balaban J connectivity index is 1.28. The van der Waals surface area contributed by atoms with E-state index in [9.17, 15) is 14.0 Å². The number of aryl methyl sites for hydroxylation is 1. The van der Waals surface area contributed by atoms with Gasteiger partial charge in [-0.15, -0.1) is 0 Å². The van der Waals surface area contributed by atoms with Crippen LogP contribution in [0.3, 0.4) is 0 Å². The second-order valence-corrected chi connectivity index (χ2v) is 9.77. The van der Waals surface area contributed by atoms with Crippen molar-refractivity contribution < 1.29 is 14.0 Å². The molecule has 4 rings (SSSR count). The van der Waals surface area contributed by atoms with Crippen molar-refractivity contribution in [3.8, 4) is 0 Å². The molecule has 2 saturated heterocycles. The van der Waals surface area contributed by atoms with Gasteiger partial charge < -0.3 is 9.47 Å². The third kappa shape index (κ3) is 6.13. The lowest BCUT2D eigenvalue weighted by Gasteiger charge is -2.35. The number of Topliss-reactive ketones (excluding diaryl/α,β-unsaturated/α-hetero) is 1. The van der Waals surface area contributed by atoms with E-state index < -0.39 is 0 Å². The van der Waals surface area contributed by atoms with Gasteiger partial charge in [-0.2, -0.15) is 0 Å². The maximum atomic E-state index is 13.2. The Morgan fingerprint density at radius 3 is 2.03 bits per heavy atom. The predicted molar refractivity (Wildman–Crippen MR) is 132 cm³/mol. The first-order valence-electron chi connectivity index (χ1n) is 12.6. The predicted octanol–water partition coefficient (Wildman–Crippen LogP) is 3.50. The summed E-state index contributed by atoms with van der Waals surface area (Å²) in [5.74, 6) is 0.138. The number of carbonyl (C=O) groups excluding carboxylic acids is 2. The zero-order valence-electron chi connectivity index (χ0n) is 20.6. The Labute approximate surface area is 202 Å². The number of hydrogen-bond donors (Lipinski definition) is 0. The highest BCUT2D eigenvalue weighted by molar-refractivity contribution is 5.99. The molecule has 2 fully saturated rings. The molecule has 0 N–H and O–H groups in total. The van der Waals surface area contributed by atoms with Crippen molar-refractivity contribution >= 4 is 11.7 Å². The van der Waals surface area contributed by atoms with Crippen molar-refractivity contribution in [2.24, 2.45) is 0 Å². The van der Waals surface area contributed by atoms with Crippen LogP contribution in [0, 0.1) is 19.7 Å². The highest BCUT2D eigenvalue weighted by Gasteiger charge is 2.25. The van der Waals surface area contributed by atoms with Gasteiger partial charge in [-0.05, 0) is 50.5 Å². The molecule has 1 aromatic carbocycles. The van der Waals surface area contributed by atoms with Gasteiger partial charge >= 0.3 is 0 Å². The Morgan fingerprint density at radius 1 is 0.824 bits per heavy atom. The number of ketones is 1. The van der Waals surface area contributed by atoms with E-state index in [1.165, 1.54) is 25.0 Å². The summed E-state index contributed by atoms with van der Waals surface area (Å²) in [6.45, 7) is 10.5. The molecule has 3 heterocycles. The Kier molecular flexibility index (Phi) is 8.16. The monoisotopic (exact) mass is 468 g/mol. The number of nitrogens with zero attached hydrogens (tertiary/aromatic N) is 4. The van der Waals surface area contributed by atoms with Gasteiger partial charge in [-0.1, -0.05) is 25.0 Å². The molecule has 0 saturated carbocycles. The van der Waals surface area contributed by atoms with E-state index in [1.54, 1.807) is 12.1 Å². The first-order chi connectivity index (χ1) is 16.4. The third-order valence-corrected chi connectivity index (χ3v) is 7.28. The highest BCUT2D eigenvalue weighted by atomic mass is 19.1. The fourth-order valence-corrected chi connectivity index (χ4v) is 5.10. The Bertz CT molecular complexity index is 985. The van der Waals surface area contributed by atoms with Gasteiger partial charge in [-0.25, -0.2) is 4.39 Å². The van der Waals surface area contributed by atoms with Crippen molar-refractivity contribution in [1.29, 1.82) is 0 Å². The van der Waals surface area contributed by atoms with Crippen molar-refractivity contribution in [3.05, 3.63) is 58.7 Å². The lowest BCUT2D eigenvalue weighted by Crippen LogP contribution is -2.51. The minimum Gasteiger partial charge on any atom is -0.344 e. The first kappa shape index (κ1) is 24.6. The fourth-order valence-electron chi connectivity index (χ4n) is 5.10. The minimum absolute atomic E-state index is 0.132. The molecule has 2 aromatic rings. The molecule has 0 spiro atoms. The summed E-state index contributed by atoms with van der Waals surface area (Å²) in [4.78, 5) is 32.2. The molecule has 0 aliphatic carbocycles. The van der Waals surface area contributed by atoms with Crippen LogP contribution in [-0.4, -0.2) is 83.3 Å². The van der Waals surface area contributed by atoms with Gasteiger partial charge in [0.25, 0.3) is 0 Å². The number of hydrogen-bond acceptors (Lipinski definition) is 4. The molecule has 1 amide bonds. The van der Waals surface area contributed by atoms with Gasteiger partial charge in [0.1, 0.15) is 5.82 Å². The summed E-state index contributed by atoms with van der Waals surface area (Å²) < 4.78 is 15.3. The molecule has 0 atom stereocenters. The molecule has 6 nitrogen and oxygen atoms in total. The molecule has 0 bridgehead atoms. The van der Waals surface area contributed by atoms with Gasteiger partial charge in [-0.3, -0.25) is 19.4 Å². The number of halogens is 1. The van der Waals surface area contributed by atoms with Crippen LogP contribution < -0.4 is 0 Å². The largest absolute Gasteiger partial charge is 0.344 e. The number of likely N-dealkylation sites (tertiary alicyclic amines) is 1. The summed E-state index contributed by atoms with van der Waals surface area (Å²) in [6, 6.07) is 8.48. The van der Waals surface area contributed by atoms with E-state index in [2.05, 4.69) is 14.4 Å². The maximum Gasteiger partial charge on any atom is 0.236 e. The van der Waals surface area contributed by atoms with Gasteiger partial charge in [0.15, 0.2) is 5.78 Å². The van der Waals surface area contributed by atoms with Gasteiger partial charge in [0.2, 0.25) is 5.91 Å². The van der Waals surface area contributed by atoms with Crippen LogP contribution in [0.1, 0.15) is 53.0 Å². The maximum absolute atomic E-state index is 13.2. The lowest BCUT2D eigenvalue weighted by atomic mass is 10.1. The molecule has 1 aromatic heterocycles. The average molecular weight is 469 g/mol. The van der Waals surface area contributed by atoms with E-state index >= 15 is 0 Å². The number of rotatable bonds is 7. The smallest absolute Gasteiger partial charge is 0.236 e. The van der Waals surface area contributed by atoms with Crippen molar-refractivity contribution in [2.75, 3.05) is 52.4 Å². The second-order valence-electron chi connectivity index (χ2n) is 9.77. The van der Waals surface area contributed by atoms with E-state index in [0.717, 1.165) is 74.6 Å². The highest BCUT2D eigenvalue weighted by Crippen LogP contribution is 2.19. The minimum atomic E-state index is -0.244. The normalized spacial score (nSPS) is 18.1. The molecule has 2 aliphatic heterocycles. The quantitative estimate of drug-likeness (QED) is 0.584. The molecule has 34 heavy (non-hydrogen) atoms. The fraction of sp³-hybridized carbons (Fsp3) is 0.556. The van der Waals surface area contributed by atoms with Crippen LogP contribution in [0.2, 0.25) is 0 Å². The number of piperazine rings is 1.